The summed E-state index contributed by atoms with van der Waals surface area (Å²) in [4.78, 5) is 17.6. The molecule has 156 valence electrons. The lowest BCUT2D eigenvalue weighted by atomic mass is 10.1. The Morgan fingerprint density at radius 3 is 2.84 bits per heavy atom. The number of amides is 1. The van der Waals surface area contributed by atoms with Crippen molar-refractivity contribution in [3.8, 4) is 28.5 Å². The number of aromatic nitrogens is 2. The number of carbonyl (C=O) groups is 1. The van der Waals surface area contributed by atoms with Crippen LogP contribution in [0.1, 0.15) is 5.56 Å². The third-order valence-corrected chi connectivity index (χ3v) is 5.17. The molecular weight excluding hydrogens is 394 g/mol. The molecule has 4 aromatic rings. The molecule has 0 bridgehead atoms. The van der Waals surface area contributed by atoms with Gasteiger partial charge in [0.05, 0.1) is 18.5 Å². The molecule has 1 atom stereocenters. The Labute approximate surface area is 179 Å². The van der Waals surface area contributed by atoms with Gasteiger partial charge in [-0.05, 0) is 55.0 Å². The first-order chi connectivity index (χ1) is 15.1. The van der Waals surface area contributed by atoms with E-state index in [1.807, 2.05) is 72.2 Å². The van der Waals surface area contributed by atoms with E-state index in [0.29, 0.717) is 22.9 Å². The number of benzene rings is 2. The maximum atomic E-state index is 12.9. The fourth-order valence-electron chi connectivity index (χ4n) is 3.55. The average molecular weight is 415 g/mol. The highest BCUT2D eigenvalue weighted by molar-refractivity contribution is 5.96. The number of rotatable bonds is 4. The van der Waals surface area contributed by atoms with Crippen LogP contribution in [0.15, 0.2) is 67.0 Å². The minimum absolute atomic E-state index is 0.136. The second-order valence-corrected chi connectivity index (χ2v) is 7.36. The average Bonchev–Trinajstić information content (AvgIpc) is 3.22. The molecule has 0 aliphatic carbocycles. The number of para-hydroxylation sites is 2. The van der Waals surface area contributed by atoms with E-state index in [0.717, 1.165) is 22.5 Å². The standard InChI is InChI=1S/C24H21N3O4/c1-15-9-10-27-13-18(25-23(27)11-15)16-7-8-19(29-2)17(12-16)26-24(28)22-14-30-20-5-3-4-6-21(20)31-22/h3-13,22H,14H2,1-2H3,(H,26,28). The molecule has 0 saturated heterocycles. The van der Waals surface area contributed by atoms with Gasteiger partial charge in [0.1, 0.15) is 18.0 Å². The van der Waals surface area contributed by atoms with Gasteiger partial charge in [0.15, 0.2) is 11.5 Å². The van der Waals surface area contributed by atoms with Crippen LogP contribution < -0.4 is 19.5 Å². The zero-order valence-corrected chi connectivity index (χ0v) is 17.2. The van der Waals surface area contributed by atoms with Crippen molar-refractivity contribution in [3.63, 3.8) is 0 Å². The van der Waals surface area contributed by atoms with E-state index in [4.69, 9.17) is 19.2 Å². The van der Waals surface area contributed by atoms with Crippen LogP contribution in [0.4, 0.5) is 5.69 Å². The number of nitrogens with one attached hydrogen (secondary N) is 1. The third kappa shape index (κ3) is 3.66. The van der Waals surface area contributed by atoms with E-state index in [1.165, 1.54) is 0 Å². The molecule has 2 aromatic carbocycles. The SMILES string of the molecule is COc1ccc(-c2cn3ccc(C)cc3n2)cc1NC(=O)C1COc2ccccc2O1. The highest BCUT2D eigenvalue weighted by Gasteiger charge is 2.28. The summed E-state index contributed by atoms with van der Waals surface area (Å²) in [6.45, 7) is 2.17. The smallest absolute Gasteiger partial charge is 0.269 e. The Morgan fingerprint density at radius 2 is 2.00 bits per heavy atom. The fourth-order valence-corrected chi connectivity index (χ4v) is 3.55. The van der Waals surface area contributed by atoms with Crippen LogP contribution in [0.5, 0.6) is 17.2 Å². The third-order valence-electron chi connectivity index (χ3n) is 5.17. The lowest BCUT2D eigenvalue weighted by Crippen LogP contribution is -2.40. The van der Waals surface area contributed by atoms with E-state index in [-0.39, 0.29) is 12.5 Å². The van der Waals surface area contributed by atoms with Gasteiger partial charge in [-0.25, -0.2) is 4.98 Å². The van der Waals surface area contributed by atoms with Crippen molar-refractivity contribution in [2.45, 2.75) is 13.0 Å². The quantitative estimate of drug-likeness (QED) is 0.543. The highest BCUT2D eigenvalue weighted by atomic mass is 16.6. The first-order valence-corrected chi connectivity index (χ1v) is 9.94. The second kappa shape index (κ2) is 7.68. The van der Waals surface area contributed by atoms with Crippen LogP contribution in [0.2, 0.25) is 0 Å². The number of anilines is 1. The van der Waals surface area contributed by atoms with Gasteiger partial charge >= 0.3 is 0 Å². The molecule has 0 saturated carbocycles. The zero-order valence-electron chi connectivity index (χ0n) is 17.2. The van der Waals surface area contributed by atoms with E-state index < -0.39 is 6.10 Å². The van der Waals surface area contributed by atoms with Crippen molar-refractivity contribution in [1.29, 1.82) is 0 Å². The molecule has 0 radical (unpaired) electrons. The molecule has 5 rings (SSSR count). The predicted octanol–water partition coefficient (Wildman–Crippen LogP) is 4.10. The number of imidazole rings is 1. The molecule has 7 nitrogen and oxygen atoms in total. The van der Waals surface area contributed by atoms with Crippen molar-refractivity contribution < 1.29 is 19.0 Å². The van der Waals surface area contributed by atoms with Crippen LogP contribution >= 0.6 is 0 Å². The number of pyridine rings is 1. The van der Waals surface area contributed by atoms with Gasteiger partial charge in [0, 0.05) is 18.0 Å². The Kier molecular flexibility index (Phi) is 4.71. The van der Waals surface area contributed by atoms with Crippen molar-refractivity contribution in [2.75, 3.05) is 19.0 Å². The molecule has 1 aliphatic rings. The molecule has 3 heterocycles. The van der Waals surface area contributed by atoms with Crippen molar-refractivity contribution >= 4 is 17.2 Å². The first kappa shape index (κ1) is 19.0. The van der Waals surface area contributed by atoms with E-state index in [2.05, 4.69) is 5.32 Å². The normalized spacial score (nSPS) is 15.0. The summed E-state index contributed by atoms with van der Waals surface area (Å²) >= 11 is 0. The number of ether oxygens (including phenoxy) is 3. The first-order valence-electron chi connectivity index (χ1n) is 9.94. The van der Waals surface area contributed by atoms with Crippen LogP contribution in [0, 0.1) is 6.92 Å². The Morgan fingerprint density at radius 1 is 1.16 bits per heavy atom. The second-order valence-electron chi connectivity index (χ2n) is 7.36. The van der Waals surface area contributed by atoms with Crippen molar-refractivity contribution in [2.24, 2.45) is 0 Å². The van der Waals surface area contributed by atoms with Gasteiger partial charge in [0.25, 0.3) is 5.91 Å². The molecule has 0 fully saturated rings. The van der Waals surface area contributed by atoms with E-state index in [1.54, 1.807) is 13.2 Å². The molecule has 31 heavy (non-hydrogen) atoms. The number of hydrogen-bond acceptors (Lipinski definition) is 5. The predicted molar refractivity (Wildman–Crippen MR) is 117 cm³/mol. The van der Waals surface area contributed by atoms with Gasteiger partial charge in [-0.3, -0.25) is 4.79 Å². The summed E-state index contributed by atoms with van der Waals surface area (Å²) in [5.74, 6) is 1.42. The molecule has 1 unspecified atom stereocenters. The fraction of sp³-hybridized carbons (Fsp3) is 0.167. The minimum Gasteiger partial charge on any atom is -0.495 e. The van der Waals surface area contributed by atoms with Crippen LogP contribution in [-0.2, 0) is 4.79 Å². The number of nitrogens with zero attached hydrogens (tertiary/aromatic N) is 2. The maximum absolute atomic E-state index is 12.9. The van der Waals surface area contributed by atoms with Crippen molar-refractivity contribution in [1.82, 2.24) is 9.38 Å². The van der Waals surface area contributed by atoms with E-state index in [9.17, 15) is 4.79 Å². The van der Waals surface area contributed by atoms with Gasteiger partial charge in [-0.1, -0.05) is 12.1 Å². The topological polar surface area (TPSA) is 74.1 Å². The van der Waals surface area contributed by atoms with Crippen LogP contribution in [0.25, 0.3) is 16.9 Å². The molecule has 1 aliphatic heterocycles. The lowest BCUT2D eigenvalue weighted by molar-refractivity contribution is -0.125. The van der Waals surface area contributed by atoms with E-state index >= 15 is 0 Å². The number of fused-ring (bicyclic) bond motifs is 2. The Balaban J connectivity index is 1.41. The molecule has 1 N–H and O–H groups in total. The number of carbonyl (C=O) groups excluding carboxylic acids is 1. The van der Waals surface area contributed by atoms with Crippen LogP contribution in [-0.4, -0.2) is 35.1 Å². The van der Waals surface area contributed by atoms with Gasteiger partial charge in [-0.15, -0.1) is 0 Å². The number of aryl methyl sites for hydroxylation is 1. The van der Waals surface area contributed by atoms with Gasteiger partial charge in [0.2, 0.25) is 6.10 Å². The number of methoxy groups -OCH3 is 1. The zero-order chi connectivity index (χ0) is 21.4. The molecule has 2 aromatic heterocycles. The molecule has 0 spiro atoms. The monoisotopic (exact) mass is 415 g/mol. The summed E-state index contributed by atoms with van der Waals surface area (Å²) in [5, 5.41) is 2.91. The number of hydrogen-bond donors (Lipinski definition) is 1. The Hall–Kier alpha value is -4.00. The van der Waals surface area contributed by atoms with Gasteiger partial charge < -0.3 is 23.9 Å². The molecule has 7 heteroatoms. The van der Waals surface area contributed by atoms with Crippen molar-refractivity contribution in [3.05, 3.63) is 72.6 Å². The molecule has 1 amide bonds. The Bertz CT molecular complexity index is 1280. The lowest BCUT2D eigenvalue weighted by Gasteiger charge is -2.25. The largest absolute Gasteiger partial charge is 0.495 e. The summed E-state index contributed by atoms with van der Waals surface area (Å²) in [6, 6.07) is 16.9. The summed E-state index contributed by atoms with van der Waals surface area (Å²) < 4.78 is 18.9. The summed E-state index contributed by atoms with van der Waals surface area (Å²) in [7, 11) is 1.56. The summed E-state index contributed by atoms with van der Waals surface area (Å²) in [5.41, 5.74) is 4.21. The highest BCUT2D eigenvalue weighted by Crippen LogP contribution is 2.33. The summed E-state index contributed by atoms with van der Waals surface area (Å²) in [6.07, 6.45) is 3.17. The van der Waals surface area contributed by atoms with Crippen LogP contribution in [0.3, 0.4) is 0 Å². The molecular formula is C24H21N3O4. The maximum Gasteiger partial charge on any atom is 0.269 e. The van der Waals surface area contributed by atoms with Gasteiger partial charge in [-0.2, -0.15) is 0 Å². The minimum atomic E-state index is -0.763.